The van der Waals surface area contributed by atoms with E-state index >= 15 is 0 Å². The summed E-state index contributed by atoms with van der Waals surface area (Å²) in [5.41, 5.74) is 0.632. The van der Waals surface area contributed by atoms with E-state index < -0.39 is 0 Å². The van der Waals surface area contributed by atoms with Gasteiger partial charge < -0.3 is 9.73 Å². The van der Waals surface area contributed by atoms with E-state index in [-0.39, 0.29) is 11.7 Å². The Morgan fingerprint density at radius 1 is 1.42 bits per heavy atom. The third-order valence-corrected chi connectivity index (χ3v) is 5.51. The summed E-state index contributed by atoms with van der Waals surface area (Å²) in [7, 11) is 0. The predicted octanol–water partition coefficient (Wildman–Crippen LogP) is 4.87. The van der Waals surface area contributed by atoms with E-state index in [1.807, 2.05) is 10.6 Å². The number of allylic oxidation sites excluding steroid dienone is 1. The first-order valence-electron chi connectivity index (χ1n) is 7.54. The van der Waals surface area contributed by atoms with E-state index in [2.05, 4.69) is 38.0 Å². The summed E-state index contributed by atoms with van der Waals surface area (Å²) >= 11 is 10.6. The lowest BCUT2D eigenvalue weighted by Crippen LogP contribution is -2.14. The number of nitrogens with one attached hydrogen (secondary N) is 1. The highest BCUT2D eigenvalue weighted by molar-refractivity contribution is 9.10. The van der Waals surface area contributed by atoms with Crippen molar-refractivity contribution in [1.82, 2.24) is 14.8 Å². The number of aromatic nitrogens is 3. The van der Waals surface area contributed by atoms with Gasteiger partial charge in [-0.2, -0.15) is 0 Å². The van der Waals surface area contributed by atoms with Crippen molar-refractivity contribution in [3.05, 3.63) is 58.7 Å². The zero-order valence-electron chi connectivity index (χ0n) is 13.5. The normalized spacial score (nSPS) is 10.7. The topological polar surface area (TPSA) is 73.0 Å². The fraction of sp³-hybridized carbons (Fsp3) is 0.118. The van der Waals surface area contributed by atoms with Crippen LogP contribution in [0.2, 0.25) is 5.02 Å². The molecule has 0 bridgehead atoms. The van der Waals surface area contributed by atoms with Gasteiger partial charge in [0.1, 0.15) is 0 Å². The van der Waals surface area contributed by atoms with Gasteiger partial charge in [0.05, 0.1) is 17.0 Å². The highest BCUT2D eigenvalue weighted by Gasteiger charge is 2.16. The number of benzene rings is 1. The fourth-order valence-corrected chi connectivity index (χ4v) is 3.35. The van der Waals surface area contributed by atoms with Gasteiger partial charge in [0.25, 0.3) is 0 Å². The van der Waals surface area contributed by atoms with Crippen molar-refractivity contribution in [2.45, 2.75) is 11.7 Å². The molecule has 0 fully saturated rings. The molecule has 0 spiro atoms. The molecule has 3 rings (SSSR count). The number of carbonyl (C=O) groups is 1. The molecule has 9 heteroatoms. The Morgan fingerprint density at radius 2 is 2.27 bits per heavy atom. The molecule has 2 aromatic heterocycles. The number of furan rings is 1. The van der Waals surface area contributed by atoms with Gasteiger partial charge in [0.2, 0.25) is 11.7 Å². The van der Waals surface area contributed by atoms with Gasteiger partial charge in [-0.15, -0.1) is 16.8 Å². The molecule has 134 valence electrons. The number of hydrogen-bond donors (Lipinski definition) is 1. The van der Waals surface area contributed by atoms with Crippen molar-refractivity contribution >= 4 is 50.9 Å². The third-order valence-electron chi connectivity index (χ3n) is 3.31. The molecule has 1 aromatic carbocycles. The van der Waals surface area contributed by atoms with Gasteiger partial charge in [0.15, 0.2) is 10.9 Å². The minimum absolute atomic E-state index is 0.166. The van der Waals surface area contributed by atoms with E-state index in [4.69, 9.17) is 16.0 Å². The minimum atomic E-state index is -0.166. The lowest BCUT2D eigenvalue weighted by molar-refractivity contribution is -0.113. The average molecular weight is 454 g/mol. The smallest absolute Gasteiger partial charge is 0.234 e. The Labute approximate surface area is 167 Å². The standard InChI is InChI=1S/C17H14BrClN4O2S/c1-2-7-23-16(14-4-3-8-25-14)21-22-17(23)26-10-15(24)20-11-5-6-12(18)13(19)9-11/h2-6,8-9H,1,7,10H2,(H,20,24). The van der Waals surface area contributed by atoms with Crippen LogP contribution in [0.4, 0.5) is 5.69 Å². The van der Waals surface area contributed by atoms with Crippen molar-refractivity contribution in [2.75, 3.05) is 11.1 Å². The monoisotopic (exact) mass is 452 g/mol. The van der Waals surface area contributed by atoms with E-state index in [1.54, 1.807) is 36.6 Å². The lowest BCUT2D eigenvalue weighted by Gasteiger charge is -2.08. The van der Waals surface area contributed by atoms with Crippen LogP contribution in [-0.2, 0) is 11.3 Å². The third kappa shape index (κ3) is 4.38. The molecule has 0 aliphatic carbocycles. The van der Waals surface area contributed by atoms with E-state index in [0.717, 1.165) is 4.47 Å². The first kappa shape index (κ1) is 18.8. The van der Waals surface area contributed by atoms with E-state index in [0.29, 0.717) is 34.0 Å². The zero-order chi connectivity index (χ0) is 18.5. The summed E-state index contributed by atoms with van der Waals surface area (Å²) in [5, 5.41) is 12.3. The van der Waals surface area contributed by atoms with Crippen LogP contribution in [0.25, 0.3) is 11.6 Å². The second-order valence-electron chi connectivity index (χ2n) is 5.15. The predicted molar refractivity (Wildman–Crippen MR) is 106 cm³/mol. The largest absolute Gasteiger partial charge is 0.461 e. The maximum atomic E-state index is 12.2. The molecule has 0 unspecified atom stereocenters. The van der Waals surface area contributed by atoms with Crippen LogP contribution in [0.3, 0.4) is 0 Å². The van der Waals surface area contributed by atoms with Crippen molar-refractivity contribution in [1.29, 1.82) is 0 Å². The summed E-state index contributed by atoms with van der Waals surface area (Å²) in [6.07, 6.45) is 3.32. The van der Waals surface area contributed by atoms with Crippen molar-refractivity contribution in [2.24, 2.45) is 0 Å². The first-order valence-corrected chi connectivity index (χ1v) is 9.70. The number of rotatable bonds is 7. The Bertz CT molecular complexity index is 927. The number of nitrogens with zero attached hydrogens (tertiary/aromatic N) is 3. The molecule has 0 aliphatic heterocycles. The number of halogens is 2. The summed E-state index contributed by atoms with van der Waals surface area (Å²) in [6.45, 7) is 4.26. The SMILES string of the molecule is C=CCn1c(SCC(=O)Nc2ccc(Br)c(Cl)c2)nnc1-c1ccco1. The number of thioether (sulfide) groups is 1. The van der Waals surface area contributed by atoms with Crippen LogP contribution in [0.5, 0.6) is 0 Å². The highest BCUT2D eigenvalue weighted by Crippen LogP contribution is 2.27. The molecule has 1 N–H and O–H groups in total. The summed E-state index contributed by atoms with van der Waals surface area (Å²) in [4.78, 5) is 12.2. The summed E-state index contributed by atoms with van der Waals surface area (Å²) in [6, 6.07) is 8.83. The van der Waals surface area contributed by atoms with Gasteiger partial charge in [-0.3, -0.25) is 9.36 Å². The quantitative estimate of drug-likeness (QED) is 0.408. The van der Waals surface area contributed by atoms with Crippen molar-refractivity contribution in [3.63, 3.8) is 0 Å². The van der Waals surface area contributed by atoms with Gasteiger partial charge >= 0.3 is 0 Å². The maximum Gasteiger partial charge on any atom is 0.234 e. The average Bonchev–Trinajstić information content (AvgIpc) is 3.26. The van der Waals surface area contributed by atoms with E-state index in [9.17, 15) is 4.79 Å². The molecule has 6 nitrogen and oxygen atoms in total. The molecule has 0 saturated carbocycles. The molecule has 0 saturated heterocycles. The number of anilines is 1. The summed E-state index contributed by atoms with van der Waals surface area (Å²) < 4.78 is 8.00. The Kier molecular flexibility index (Phi) is 6.18. The van der Waals surface area contributed by atoms with E-state index in [1.165, 1.54) is 11.8 Å². The molecule has 0 aliphatic rings. The Hall–Kier alpha value is -2.03. The first-order chi connectivity index (χ1) is 12.6. The number of carbonyl (C=O) groups excluding carboxylic acids is 1. The van der Waals surface area contributed by atoms with Crippen LogP contribution < -0.4 is 5.32 Å². The molecular formula is C17H14BrClN4O2S. The lowest BCUT2D eigenvalue weighted by atomic mass is 10.3. The number of hydrogen-bond acceptors (Lipinski definition) is 5. The van der Waals surface area contributed by atoms with Crippen LogP contribution in [0, 0.1) is 0 Å². The molecular weight excluding hydrogens is 440 g/mol. The van der Waals surface area contributed by atoms with Crippen LogP contribution >= 0.6 is 39.3 Å². The highest BCUT2D eigenvalue weighted by atomic mass is 79.9. The van der Waals surface area contributed by atoms with Crippen LogP contribution in [-0.4, -0.2) is 26.4 Å². The van der Waals surface area contributed by atoms with Gasteiger partial charge in [0, 0.05) is 16.7 Å². The second kappa shape index (κ2) is 8.57. The minimum Gasteiger partial charge on any atom is -0.461 e. The van der Waals surface area contributed by atoms with Crippen molar-refractivity contribution < 1.29 is 9.21 Å². The maximum absolute atomic E-state index is 12.2. The van der Waals surface area contributed by atoms with Crippen LogP contribution in [0.15, 0.2) is 63.3 Å². The van der Waals surface area contributed by atoms with Gasteiger partial charge in [-0.25, -0.2) is 0 Å². The van der Waals surface area contributed by atoms with Gasteiger partial charge in [-0.1, -0.05) is 29.4 Å². The molecule has 1 amide bonds. The Balaban J connectivity index is 1.68. The zero-order valence-corrected chi connectivity index (χ0v) is 16.6. The fourth-order valence-electron chi connectivity index (χ4n) is 2.18. The molecule has 0 atom stereocenters. The van der Waals surface area contributed by atoms with Gasteiger partial charge in [-0.05, 0) is 46.3 Å². The molecule has 2 heterocycles. The molecule has 26 heavy (non-hydrogen) atoms. The number of amides is 1. The molecule has 0 radical (unpaired) electrons. The van der Waals surface area contributed by atoms with Crippen molar-refractivity contribution in [3.8, 4) is 11.6 Å². The van der Waals surface area contributed by atoms with Crippen LogP contribution in [0.1, 0.15) is 0 Å². The second-order valence-corrected chi connectivity index (χ2v) is 7.35. The summed E-state index contributed by atoms with van der Waals surface area (Å²) in [5.74, 6) is 1.22. The Morgan fingerprint density at radius 3 is 2.96 bits per heavy atom. The molecule has 3 aromatic rings.